The molecule has 0 fully saturated rings. The summed E-state index contributed by atoms with van der Waals surface area (Å²) in [5, 5.41) is 2.51. The van der Waals surface area contributed by atoms with Crippen LogP contribution in [0.2, 0.25) is 0 Å². The van der Waals surface area contributed by atoms with Crippen LogP contribution in [-0.2, 0) is 10.2 Å². The zero-order valence-corrected chi connectivity index (χ0v) is 16.1. The molecule has 0 saturated carbocycles. The molecule has 0 spiro atoms. The number of benzene rings is 1. The molecule has 1 heterocycles. The summed E-state index contributed by atoms with van der Waals surface area (Å²) in [5.41, 5.74) is 6.52. The second-order valence-electron chi connectivity index (χ2n) is 7.10. The number of primary amides is 1. The van der Waals surface area contributed by atoms with Crippen LogP contribution in [0.1, 0.15) is 70.1 Å². The van der Waals surface area contributed by atoms with Crippen LogP contribution in [0.25, 0.3) is 0 Å². The summed E-state index contributed by atoms with van der Waals surface area (Å²) in [5.74, 6) is -2.15. The Balaban J connectivity index is 2.34. The Hall–Kier alpha value is -3.09. The van der Waals surface area contributed by atoms with E-state index in [1.54, 1.807) is 19.1 Å². The SMILES string of the molecule is CCOC(=O)c1c(C)oc(NC(=O)c2ccc(C(C)(C)C)cc2)c1C(N)=O. The maximum absolute atomic E-state index is 12.5. The first-order chi connectivity index (χ1) is 12.6. The van der Waals surface area contributed by atoms with Crippen LogP contribution in [0.4, 0.5) is 5.88 Å². The van der Waals surface area contributed by atoms with Crippen LogP contribution in [0.3, 0.4) is 0 Å². The molecule has 144 valence electrons. The molecule has 0 bridgehead atoms. The van der Waals surface area contributed by atoms with Gasteiger partial charge in [-0.2, -0.15) is 0 Å². The van der Waals surface area contributed by atoms with Crippen LogP contribution in [0.15, 0.2) is 28.7 Å². The summed E-state index contributed by atoms with van der Waals surface area (Å²) < 4.78 is 10.3. The fraction of sp³-hybridized carbons (Fsp3) is 0.350. The molecule has 0 aliphatic rings. The van der Waals surface area contributed by atoms with Crippen molar-refractivity contribution >= 4 is 23.7 Å². The highest BCUT2D eigenvalue weighted by atomic mass is 16.5. The van der Waals surface area contributed by atoms with Crippen molar-refractivity contribution in [2.75, 3.05) is 11.9 Å². The zero-order chi connectivity index (χ0) is 20.4. The number of hydrogen-bond donors (Lipinski definition) is 2. The topological polar surface area (TPSA) is 112 Å². The van der Waals surface area contributed by atoms with Crippen molar-refractivity contribution in [2.24, 2.45) is 5.73 Å². The van der Waals surface area contributed by atoms with Gasteiger partial charge in [0, 0.05) is 5.56 Å². The molecule has 0 aliphatic heterocycles. The van der Waals surface area contributed by atoms with Gasteiger partial charge in [-0.3, -0.25) is 14.9 Å². The van der Waals surface area contributed by atoms with E-state index in [1.807, 2.05) is 12.1 Å². The molecule has 3 N–H and O–H groups in total. The minimum Gasteiger partial charge on any atom is -0.462 e. The van der Waals surface area contributed by atoms with Crippen molar-refractivity contribution < 1.29 is 23.5 Å². The summed E-state index contributed by atoms with van der Waals surface area (Å²) in [4.78, 5) is 36.5. The van der Waals surface area contributed by atoms with E-state index in [0.717, 1.165) is 5.56 Å². The van der Waals surface area contributed by atoms with E-state index < -0.39 is 17.8 Å². The molecule has 0 atom stereocenters. The summed E-state index contributed by atoms with van der Waals surface area (Å²) in [7, 11) is 0. The van der Waals surface area contributed by atoms with Crippen molar-refractivity contribution in [1.82, 2.24) is 0 Å². The summed E-state index contributed by atoms with van der Waals surface area (Å²) in [6, 6.07) is 7.09. The minimum atomic E-state index is -0.895. The Morgan fingerprint density at radius 3 is 2.19 bits per heavy atom. The second-order valence-corrected chi connectivity index (χ2v) is 7.10. The first-order valence-electron chi connectivity index (χ1n) is 8.58. The third kappa shape index (κ3) is 4.36. The Kier molecular flexibility index (Phi) is 5.73. The van der Waals surface area contributed by atoms with Crippen molar-refractivity contribution in [3.8, 4) is 0 Å². The highest BCUT2D eigenvalue weighted by Crippen LogP contribution is 2.28. The third-order valence-corrected chi connectivity index (χ3v) is 4.05. The number of nitrogens with one attached hydrogen (secondary N) is 1. The van der Waals surface area contributed by atoms with Gasteiger partial charge in [0.2, 0.25) is 5.88 Å². The molecule has 7 heteroatoms. The van der Waals surface area contributed by atoms with E-state index in [4.69, 9.17) is 14.9 Å². The van der Waals surface area contributed by atoms with E-state index in [2.05, 4.69) is 26.1 Å². The highest BCUT2D eigenvalue weighted by Gasteiger charge is 2.29. The first-order valence-corrected chi connectivity index (χ1v) is 8.58. The fourth-order valence-electron chi connectivity index (χ4n) is 2.61. The molecule has 7 nitrogen and oxygen atoms in total. The molecule has 0 aliphatic carbocycles. The molecule has 27 heavy (non-hydrogen) atoms. The lowest BCUT2D eigenvalue weighted by Crippen LogP contribution is -2.20. The van der Waals surface area contributed by atoms with Crippen LogP contribution in [0, 0.1) is 6.92 Å². The normalized spacial score (nSPS) is 11.1. The van der Waals surface area contributed by atoms with Crippen molar-refractivity contribution in [3.63, 3.8) is 0 Å². The lowest BCUT2D eigenvalue weighted by atomic mass is 9.87. The van der Waals surface area contributed by atoms with Crippen LogP contribution in [0.5, 0.6) is 0 Å². The van der Waals surface area contributed by atoms with E-state index in [9.17, 15) is 14.4 Å². The average Bonchev–Trinajstić information content (AvgIpc) is 2.90. The van der Waals surface area contributed by atoms with Gasteiger partial charge in [0.1, 0.15) is 16.9 Å². The lowest BCUT2D eigenvalue weighted by Gasteiger charge is -2.19. The second kappa shape index (κ2) is 7.65. The maximum atomic E-state index is 12.5. The van der Waals surface area contributed by atoms with Crippen LogP contribution in [-0.4, -0.2) is 24.4 Å². The molecular weight excluding hydrogens is 348 g/mol. The predicted octanol–water partition coefficient (Wildman–Crippen LogP) is 3.41. The summed E-state index contributed by atoms with van der Waals surface area (Å²) >= 11 is 0. The van der Waals surface area contributed by atoms with Gasteiger partial charge in [0.15, 0.2) is 0 Å². The number of anilines is 1. The number of furan rings is 1. The first kappa shape index (κ1) is 20.2. The molecule has 2 rings (SSSR count). The smallest absolute Gasteiger partial charge is 0.342 e. The van der Waals surface area contributed by atoms with E-state index in [1.165, 1.54) is 6.92 Å². The number of nitrogens with two attached hydrogens (primary N) is 1. The number of carbonyl (C=O) groups is 3. The Morgan fingerprint density at radius 2 is 1.70 bits per heavy atom. The fourth-order valence-corrected chi connectivity index (χ4v) is 2.61. The van der Waals surface area contributed by atoms with Gasteiger partial charge in [-0.15, -0.1) is 0 Å². The van der Waals surface area contributed by atoms with E-state index in [-0.39, 0.29) is 34.8 Å². The molecule has 0 unspecified atom stereocenters. The Morgan fingerprint density at radius 1 is 1.11 bits per heavy atom. The number of aryl methyl sites for hydroxylation is 1. The molecule has 2 aromatic rings. The minimum absolute atomic E-state index is 0.0409. The monoisotopic (exact) mass is 372 g/mol. The molecule has 2 amide bonds. The number of ether oxygens (including phenoxy) is 1. The average molecular weight is 372 g/mol. The van der Waals surface area contributed by atoms with Gasteiger partial charge in [-0.05, 0) is 37.0 Å². The largest absolute Gasteiger partial charge is 0.462 e. The number of rotatable bonds is 5. The zero-order valence-electron chi connectivity index (χ0n) is 16.1. The highest BCUT2D eigenvalue weighted by molar-refractivity contribution is 6.12. The quantitative estimate of drug-likeness (QED) is 0.781. The number of carbonyl (C=O) groups excluding carboxylic acids is 3. The van der Waals surface area contributed by atoms with Crippen molar-refractivity contribution in [1.29, 1.82) is 0 Å². The number of amides is 2. The summed E-state index contributed by atoms with van der Waals surface area (Å²) in [6.07, 6.45) is 0. The van der Waals surface area contributed by atoms with Crippen LogP contribution < -0.4 is 11.1 Å². The Labute approximate surface area is 157 Å². The van der Waals surface area contributed by atoms with E-state index in [0.29, 0.717) is 5.56 Å². The maximum Gasteiger partial charge on any atom is 0.342 e. The van der Waals surface area contributed by atoms with Crippen LogP contribution >= 0.6 is 0 Å². The van der Waals surface area contributed by atoms with Crippen molar-refractivity contribution in [3.05, 3.63) is 52.3 Å². The Bertz CT molecular complexity index is 873. The van der Waals surface area contributed by atoms with Gasteiger partial charge < -0.3 is 14.9 Å². The van der Waals surface area contributed by atoms with Crippen molar-refractivity contribution in [2.45, 2.75) is 40.0 Å². The molecule has 0 saturated heterocycles. The molecular formula is C20H24N2O5. The van der Waals surface area contributed by atoms with Gasteiger partial charge in [-0.25, -0.2) is 4.79 Å². The molecule has 1 aromatic carbocycles. The van der Waals surface area contributed by atoms with E-state index >= 15 is 0 Å². The van der Waals surface area contributed by atoms with Gasteiger partial charge in [-0.1, -0.05) is 32.9 Å². The predicted molar refractivity (Wildman–Crippen MR) is 101 cm³/mol. The summed E-state index contributed by atoms with van der Waals surface area (Å²) in [6.45, 7) is 9.48. The third-order valence-electron chi connectivity index (χ3n) is 4.05. The molecule has 0 radical (unpaired) electrons. The number of hydrogen-bond acceptors (Lipinski definition) is 5. The number of esters is 1. The molecule has 1 aromatic heterocycles. The lowest BCUT2D eigenvalue weighted by molar-refractivity contribution is 0.0521. The van der Waals surface area contributed by atoms with Gasteiger partial charge in [0.05, 0.1) is 6.61 Å². The standard InChI is InChI=1S/C20H24N2O5/c1-6-26-19(25)14-11(2)27-18(15(14)16(21)23)22-17(24)12-7-9-13(10-8-12)20(3,4)5/h7-10H,6H2,1-5H3,(H2,21,23)(H,22,24). The van der Waals surface area contributed by atoms with Gasteiger partial charge in [0.25, 0.3) is 11.8 Å². The van der Waals surface area contributed by atoms with Gasteiger partial charge >= 0.3 is 5.97 Å².